The maximum atomic E-state index is 12.4. The molecule has 0 spiro atoms. The lowest BCUT2D eigenvalue weighted by molar-refractivity contribution is 0.102. The van der Waals surface area contributed by atoms with Gasteiger partial charge in [0.15, 0.2) is 0 Å². The molecule has 3 rings (SSSR count). The van der Waals surface area contributed by atoms with E-state index in [1.165, 1.54) is 22.5 Å². The van der Waals surface area contributed by atoms with Gasteiger partial charge in [0.25, 0.3) is 5.91 Å². The largest absolute Gasteiger partial charge is 0.296 e. The number of aryl methyl sites for hydroxylation is 3. The van der Waals surface area contributed by atoms with Gasteiger partial charge in [-0.3, -0.25) is 14.8 Å². The first-order valence-corrected chi connectivity index (χ1v) is 9.10. The molecule has 2 heterocycles. The number of carbonyl (C=O) groups is 1. The van der Waals surface area contributed by atoms with Gasteiger partial charge in [-0.15, -0.1) is 10.2 Å². The topological polar surface area (TPSA) is 72.7 Å². The van der Waals surface area contributed by atoms with Crippen LogP contribution in [0.15, 0.2) is 30.5 Å². The van der Waals surface area contributed by atoms with Crippen molar-refractivity contribution in [2.45, 2.75) is 40.2 Å². The Kier molecular flexibility index (Phi) is 5.23. The molecular weight excluding hydrogens is 334 g/mol. The highest BCUT2D eigenvalue weighted by molar-refractivity contribution is 7.15. The van der Waals surface area contributed by atoms with E-state index in [-0.39, 0.29) is 5.91 Å². The number of hydrogen-bond donors (Lipinski definition) is 1. The zero-order valence-electron chi connectivity index (χ0n) is 14.6. The second-order valence-electron chi connectivity index (χ2n) is 5.95. The Bertz CT molecular complexity index is 883. The van der Waals surface area contributed by atoms with Crippen molar-refractivity contribution >= 4 is 22.4 Å². The SMILES string of the molecule is CCCn1cc(C(=O)Nc2nnc(Cc3ccccc3C)s2)c(C)n1. The maximum Gasteiger partial charge on any atom is 0.260 e. The average molecular weight is 355 g/mol. The summed E-state index contributed by atoms with van der Waals surface area (Å²) >= 11 is 1.40. The van der Waals surface area contributed by atoms with Gasteiger partial charge in [0.05, 0.1) is 11.3 Å². The van der Waals surface area contributed by atoms with Crippen molar-refractivity contribution in [3.05, 3.63) is 57.9 Å². The van der Waals surface area contributed by atoms with Gasteiger partial charge in [-0.2, -0.15) is 5.10 Å². The molecular formula is C18H21N5OS. The Morgan fingerprint density at radius 3 is 2.80 bits per heavy atom. The second-order valence-corrected chi connectivity index (χ2v) is 7.01. The normalized spacial score (nSPS) is 10.8. The van der Waals surface area contributed by atoms with Crippen LogP contribution in [0.25, 0.3) is 0 Å². The van der Waals surface area contributed by atoms with Gasteiger partial charge in [-0.1, -0.05) is 42.5 Å². The van der Waals surface area contributed by atoms with Crippen molar-refractivity contribution < 1.29 is 4.79 Å². The van der Waals surface area contributed by atoms with Crippen LogP contribution < -0.4 is 5.32 Å². The fraction of sp³-hybridized carbons (Fsp3) is 0.333. The van der Waals surface area contributed by atoms with E-state index < -0.39 is 0 Å². The van der Waals surface area contributed by atoms with Gasteiger partial charge < -0.3 is 0 Å². The molecule has 0 radical (unpaired) electrons. The molecule has 0 saturated carbocycles. The summed E-state index contributed by atoms with van der Waals surface area (Å²) in [5.41, 5.74) is 3.73. The molecule has 0 bridgehead atoms. The average Bonchev–Trinajstić information content (AvgIpc) is 3.16. The monoisotopic (exact) mass is 355 g/mol. The number of aromatic nitrogens is 4. The van der Waals surface area contributed by atoms with Crippen LogP contribution in [-0.2, 0) is 13.0 Å². The number of nitrogens with zero attached hydrogens (tertiary/aromatic N) is 4. The Balaban J connectivity index is 1.69. The molecule has 0 aliphatic rings. The molecule has 25 heavy (non-hydrogen) atoms. The summed E-state index contributed by atoms with van der Waals surface area (Å²) in [5.74, 6) is -0.196. The number of nitrogens with one attached hydrogen (secondary N) is 1. The van der Waals surface area contributed by atoms with E-state index in [1.807, 2.05) is 19.1 Å². The summed E-state index contributed by atoms with van der Waals surface area (Å²) in [6.07, 6.45) is 3.47. The quantitative estimate of drug-likeness (QED) is 0.733. The third kappa shape index (κ3) is 4.11. The van der Waals surface area contributed by atoms with Crippen LogP contribution in [0.3, 0.4) is 0 Å². The van der Waals surface area contributed by atoms with Crippen molar-refractivity contribution in [2.75, 3.05) is 5.32 Å². The first kappa shape index (κ1) is 17.3. The van der Waals surface area contributed by atoms with E-state index in [4.69, 9.17) is 0 Å². The summed E-state index contributed by atoms with van der Waals surface area (Å²) in [6, 6.07) is 8.20. The van der Waals surface area contributed by atoms with Crippen LogP contribution >= 0.6 is 11.3 Å². The van der Waals surface area contributed by atoms with Gasteiger partial charge in [0.1, 0.15) is 5.01 Å². The van der Waals surface area contributed by atoms with Crippen molar-refractivity contribution in [3.8, 4) is 0 Å². The molecule has 7 heteroatoms. The molecule has 1 amide bonds. The van der Waals surface area contributed by atoms with Gasteiger partial charge in [-0.25, -0.2) is 0 Å². The minimum atomic E-state index is -0.196. The predicted molar refractivity (Wildman–Crippen MR) is 99.1 cm³/mol. The molecule has 0 aliphatic carbocycles. The Hall–Kier alpha value is -2.54. The fourth-order valence-electron chi connectivity index (χ4n) is 2.60. The molecule has 1 aromatic carbocycles. The van der Waals surface area contributed by atoms with Gasteiger partial charge in [0, 0.05) is 19.2 Å². The Morgan fingerprint density at radius 2 is 2.04 bits per heavy atom. The third-order valence-corrected chi connectivity index (χ3v) is 4.77. The highest BCUT2D eigenvalue weighted by Gasteiger charge is 2.16. The van der Waals surface area contributed by atoms with E-state index in [0.29, 0.717) is 17.1 Å². The zero-order chi connectivity index (χ0) is 17.8. The first-order chi connectivity index (χ1) is 12.1. The standard InChI is InChI=1S/C18H21N5OS/c1-4-9-23-11-15(13(3)22-23)17(24)19-18-21-20-16(25-18)10-14-8-6-5-7-12(14)2/h5-8,11H,4,9-10H2,1-3H3,(H,19,21,24). The molecule has 0 saturated heterocycles. The van der Waals surface area contributed by atoms with E-state index in [0.717, 1.165) is 23.7 Å². The van der Waals surface area contributed by atoms with Gasteiger partial charge >= 0.3 is 0 Å². The summed E-state index contributed by atoms with van der Waals surface area (Å²) in [7, 11) is 0. The van der Waals surface area contributed by atoms with Crippen LogP contribution in [0.4, 0.5) is 5.13 Å². The van der Waals surface area contributed by atoms with Crippen molar-refractivity contribution in [3.63, 3.8) is 0 Å². The second kappa shape index (κ2) is 7.57. The molecule has 0 aliphatic heterocycles. The number of hydrogen-bond acceptors (Lipinski definition) is 5. The zero-order valence-corrected chi connectivity index (χ0v) is 15.4. The number of anilines is 1. The highest BCUT2D eigenvalue weighted by atomic mass is 32.1. The molecule has 6 nitrogen and oxygen atoms in total. The molecule has 130 valence electrons. The van der Waals surface area contributed by atoms with Crippen molar-refractivity contribution in [1.29, 1.82) is 0 Å². The number of benzene rings is 1. The van der Waals surface area contributed by atoms with E-state index in [9.17, 15) is 4.79 Å². The Morgan fingerprint density at radius 1 is 1.24 bits per heavy atom. The summed E-state index contributed by atoms with van der Waals surface area (Å²) in [6.45, 7) is 6.79. The Labute approximate surface area is 150 Å². The summed E-state index contributed by atoms with van der Waals surface area (Å²) in [4.78, 5) is 12.4. The van der Waals surface area contributed by atoms with Crippen LogP contribution in [0.5, 0.6) is 0 Å². The van der Waals surface area contributed by atoms with Crippen LogP contribution in [0, 0.1) is 13.8 Å². The molecule has 1 N–H and O–H groups in total. The van der Waals surface area contributed by atoms with E-state index in [1.54, 1.807) is 10.9 Å². The van der Waals surface area contributed by atoms with E-state index >= 15 is 0 Å². The van der Waals surface area contributed by atoms with E-state index in [2.05, 4.69) is 46.6 Å². The van der Waals surface area contributed by atoms with Gasteiger partial charge in [0.2, 0.25) is 5.13 Å². The van der Waals surface area contributed by atoms with Crippen LogP contribution in [-0.4, -0.2) is 25.9 Å². The molecule has 0 unspecified atom stereocenters. The minimum absolute atomic E-state index is 0.196. The first-order valence-electron chi connectivity index (χ1n) is 8.29. The van der Waals surface area contributed by atoms with Gasteiger partial charge in [-0.05, 0) is 31.4 Å². The third-order valence-electron chi connectivity index (χ3n) is 3.93. The molecule has 0 fully saturated rings. The molecule has 3 aromatic rings. The molecule has 0 atom stereocenters. The summed E-state index contributed by atoms with van der Waals surface area (Å²) < 4.78 is 1.80. The lowest BCUT2D eigenvalue weighted by Crippen LogP contribution is -2.12. The maximum absolute atomic E-state index is 12.4. The summed E-state index contributed by atoms with van der Waals surface area (Å²) in [5, 5.41) is 16.9. The lowest BCUT2D eigenvalue weighted by Gasteiger charge is -2.01. The lowest BCUT2D eigenvalue weighted by atomic mass is 10.1. The predicted octanol–water partition coefficient (Wildman–Crippen LogP) is 3.60. The van der Waals surface area contributed by atoms with Crippen molar-refractivity contribution in [2.24, 2.45) is 0 Å². The molecule has 2 aromatic heterocycles. The fourth-order valence-corrected chi connectivity index (χ4v) is 3.35. The minimum Gasteiger partial charge on any atom is -0.296 e. The highest BCUT2D eigenvalue weighted by Crippen LogP contribution is 2.21. The number of rotatable bonds is 6. The van der Waals surface area contributed by atoms with Crippen LogP contribution in [0.1, 0.15) is 45.5 Å². The van der Waals surface area contributed by atoms with Crippen molar-refractivity contribution in [1.82, 2.24) is 20.0 Å². The smallest absolute Gasteiger partial charge is 0.260 e. The number of carbonyl (C=O) groups excluding carboxylic acids is 1. The number of amides is 1. The van der Waals surface area contributed by atoms with Crippen LogP contribution in [0.2, 0.25) is 0 Å².